The van der Waals surface area contributed by atoms with Crippen molar-refractivity contribution < 1.29 is 19.4 Å². The van der Waals surface area contributed by atoms with E-state index in [1.54, 1.807) is 18.2 Å². The lowest BCUT2D eigenvalue weighted by molar-refractivity contribution is -0.132. The average molecular weight is 513 g/mol. The van der Waals surface area contributed by atoms with Crippen LogP contribution in [0.1, 0.15) is 50.4 Å². The number of nitrogens with zero attached hydrogens (tertiary/aromatic N) is 2. The van der Waals surface area contributed by atoms with E-state index in [-0.39, 0.29) is 11.3 Å². The van der Waals surface area contributed by atoms with Crippen LogP contribution < -0.4 is 14.5 Å². The number of carbonyl (C=O) groups is 2. The molecule has 1 unspecified atom stereocenters. The van der Waals surface area contributed by atoms with E-state index in [2.05, 4.69) is 32.6 Å². The molecule has 1 aliphatic rings. The predicted molar refractivity (Wildman–Crippen MR) is 153 cm³/mol. The van der Waals surface area contributed by atoms with Crippen LogP contribution in [0.25, 0.3) is 5.76 Å². The number of aryl methyl sites for hydroxylation is 1. The molecule has 0 aromatic heterocycles. The average Bonchev–Trinajstić information content (AvgIpc) is 3.19. The first kappa shape index (κ1) is 27.0. The summed E-state index contributed by atoms with van der Waals surface area (Å²) in [7, 11) is 0. The first-order valence-electron chi connectivity index (χ1n) is 13.2. The number of aliphatic hydroxyl groups is 1. The van der Waals surface area contributed by atoms with E-state index in [0.717, 1.165) is 29.9 Å². The molecular formula is C32H36N2O4. The number of hydrogen-bond acceptors (Lipinski definition) is 5. The number of Topliss-reactive ketones (excluding diaryl/α,β-unsaturated/α-hetero) is 1. The fourth-order valence-electron chi connectivity index (χ4n) is 4.73. The highest BCUT2D eigenvalue weighted by Gasteiger charge is 2.47. The van der Waals surface area contributed by atoms with E-state index in [0.29, 0.717) is 29.5 Å². The van der Waals surface area contributed by atoms with E-state index < -0.39 is 17.7 Å². The smallest absolute Gasteiger partial charge is 0.300 e. The summed E-state index contributed by atoms with van der Waals surface area (Å²) >= 11 is 0. The van der Waals surface area contributed by atoms with Gasteiger partial charge in [-0.05, 0) is 68.7 Å². The van der Waals surface area contributed by atoms with Gasteiger partial charge in [0.25, 0.3) is 11.7 Å². The van der Waals surface area contributed by atoms with Gasteiger partial charge < -0.3 is 14.7 Å². The van der Waals surface area contributed by atoms with E-state index in [4.69, 9.17) is 4.74 Å². The summed E-state index contributed by atoms with van der Waals surface area (Å²) in [6.45, 7) is 12.5. The largest absolute Gasteiger partial charge is 0.507 e. The number of hydrogen-bond donors (Lipinski definition) is 1. The van der Waals surface area contributed by atoms with Crippen molar-refractivity contribution in [3.05, 3.63) is 95.1 Å². The highest BCUT2D eigenvalue weighted by atomic mass is 16.5. The fourth-order valence-corrected chi connectivity index (χ4v) is 4.73. The van der Waals surface area contributed by atoms with Crippen molar-refractivity contribution in [2.24, 2.45) is 5.92 Å². The summed E-state index contributed by atoms with van der Waals surface area (Å²) < 4.78 is 5.84. The maximum absolute atomic E-state index is 13.5. The van der Waals surface area contributed by atoms with Crippen LogP contribution >= 0.6 is 0 Å². The third-order valence-electron chi connectivity index (χ3n) is 6.78. The molecule has 1 saturated heterocycles. The number of anilines is 2. The lowest BCUT2D eigenvalue weighted by atomic mass is 9.94. The van der Waals surface area contributed by atoms with Gasteiger partial charge in [0.1, 0.15) is 11.5 Å². The minimum atomic E-state index is -0.774. The van der Waals surface area contributed by atoms with Crippen LogP contribution in [0.15, 0.2) is 78.4 Å². The van der Waals surface area contributed by atoms with Gasteiger partial charge in [-0.15, -0.1) is 0 Å². The highest BCUT2D eigenvalue weighted by molar-refractivity contribution is 6.51. The molecule has 1 amide bonds. The topological polar surface area (TPSA) is 70.1 Å². The van der Waals surface area contributed by atoms with Crippen molar-refractivity contribution in [2.45, 2.75) is 40.7 Å². The quantitative estimate of drug-likeness (QED) is 0.201. The van der Waals surface area contributed by atoms with E-state index in [1.807, 2.05) is 61.5 Å². The zero-order valence-electron chi connectivity index (χ0n) is 22.8. The number of ether oxygens (including phenoxy) is 1. The van der Waals surface area contributed by atoms with Gasteiger partial charge in [-0.3, -0.25) is 14.5 Å². The van der Waals surface area contributed by atoms with Crippen LogP contribution in [0.5, 0.6) is 5.75 Å². The summed E-state index contributed by atoms with van der Waals surface area (Å²) in [6.07, 6.45) is 0. The first-order valence-corrected chi connectivity index (χ1v) is 13.2. The standard InChI is InChI=1S/C32H36N2O4/c1-6-33(7-2)25-17-13-23(14-18-25)29-28(30(35)24-9-8-10-27(19-24)38-20-21(3)4)31(36)32(37)34(29)26-15-11-22(5)12-16-26/h8-19,21,29,35H,6-7,20H2,1-5H3/b30-28-. The second-order valence-corrected chi connectivity index (χ2v) is 10.0. The molecule has 1 N–H and O–H groups in total. The van der Waals surface area contributed by atoms with Crippen molar-refractivity contribution >= 4 is 28.8 Å². The molecule has 0 bridgehead atoms. The lowest BCUT2D eigenvalue weighted by Crippen LogP contribution is -2.29. The second-order valence-electron chi connectivity index (χ2n) is 10.0. The highest BCUT2D eigenvalue weighted by Crippen LogP contribution is 2.42. The molecule has 38 heavy (non-hydrogen) atoms. The van der Waals surface area contributed by atoms with Gasteiger partial charge in [0.15, 0.2) is 0 Å². The molecule has 0 saturated carbocycles. The van der Waals surface area contributed by atoms with Crippen LogP contribution in [0, 0.1) is 12.8 Å². The van der Waals surface area contributed by atoms with Crippen molar-refractivity contribution in [1.29, 1.82) is 0 Å². The number of carbonyl (C=O) groups excluding carboxylic acids is 2. The third-order valence-corrected chi connectivity index (χ3v) is 6.78. The van der Waals surface area contributed by atoms with Gasteiger partial charge in [0.05, 0.1) is 18.2 Å². The van der Waals surface area contributed by atoms with Crippen molar-refractivity contribution in [1.82, 2.24) is 0 Å². The number of aliphatic hydroxyl groups excluding tert-OH is 1. The van der Waals surface area contributed by atoms with Gasteiger partial charge in [-0.2, -0.15) is 0 Å². The Labute approximate surface area is 225 Å². The van der Waals surface area contributed by atoms with E-state index in [1.165, 1.54) is 4.90 Å². The first-order chi connectivity index (χ1) is 18.2. The lowest BCUT2D eigenvalue weighted by Gasteiger charge is -2.27. The Morgan fingerprint density at radius 3 is 2.24 bits per heavy atom. The molecule has 0 spiro atoms. The van der Waals surface area contributed by atoms with Gasteiger partial charge in [0.2, 0.25) is 0 Å². The summed E-state index contributed by atoms with van der Waals surface area (Å²) in [5.74, 6) is -0.664. The van der Waals surface area contributed by atoms with Crippen molar-refractivity contribution in [3.8, 4) is 5.75 Å². The van der Waals surface area contributed by atoms with Gasteiger partial charge in [0, 0.05) is 30.0 Å². The molecular weight excluding hydrogens is 476 g/mol. The second kappa shape index (κ2) is 11.5. The van der Waals surface area contributed by atoms with Crippen LogP contribution in [-0.4, -0.2) is 36.5 Å². The molecule has 0 radical (unpaired) electrons. The SMILES string of the molecule is CCN(CC)c1ccc(C2/C(=C(/O)c3cccc(OCC(C)C)c3)C(=O)C(=O)N2c2ccc(C)cc2)cc1. The molecule has 3 aromatic rings. The van der Waals surface area contributed by atoms with Crippen molar-refractivity contribution in [2.75, 3.05) is 29.5 Å². The minimum absolute atomic E-state index is 0.0622. The number of amides is 1. The van der Waals surface area contributed by atoms with Crippen LogP contribution in [0.3, 0.4) is 0 Å². The summed E-state index contributed by atoms with van der Waals surface area (Å²) in [5.41, 5.74) is 3.94. The van der Waals surface area contributed by atoms with Gasteiger partial charge in [-0.25, -0.2) is 0 Å². The minimum Gasteiger partial charge on any atom is -0.507 e. The van der Waals surface area contributed by atoms with Crippen LogP contribution in [0.2, 0.25) is 0 Å². The van der Waals surface area contributed by atoms with Gasteiger partial charge in [-0.1, -0.05) is 55.8 Å². The predicted octanol–water partition coefficient (Wildman–Crippen LogP) is 6.50. The van der Waals surface area contributed by atoms with Crippen molar-refractivity contribution in [3.63, 3.8) is 0 Å². The Kier molecular flexibility index (Phi) is 8.20. The zero-order chi connectivity index (χ0) is 27.4. The molecule has 1 fully saturated rings. The van der Waals surface area contributed by atoms with Gasteiger partial charge >= 0.3 is 0 Å². The Morgan fingerprint density at radius 1 is 0.974 bits per heavy atom. The number of benzene rings is 3. The van der Waals surface area contributed by atoms with Crippen LogP contribution in [0.4, 0.5) is 11.4 Å². The molecule has 1 atom stereocenters. The van der Waals surface area contributed by atoms with Crippen LogP contribution in [-0.2, 0) is 9.59 Å². The summed E-state index contributed by atoms with van der Waals surface area (Å²) in [4.78, 5) is 30.6. The normalized spacial score (nSPS) is 16.8. The Hall–Kier alpha value is -4.06. The summed E-state index contributed by atoms with van der Waals surface area (Å²) in [5, 5.41) is 11.5. The molecule has 3 aromatic carbocycles. The Morgan fingerprint density at radius 2 is 1.63 bits per heavy atom. The number of rotatable bonds is 9. The molecule has 1 aliphatic heterocycles. The maximum Gasteiger partial charge on any atom is 0.300 e. The fraction of sp³-hybridized carbons (Fsp3) is 0.312. The van der Waals surface area contributed by atoms with E-state index >= 15 is 0 Å². The maximum atomic E-state index is 13.5. The third kappa shape index (κ3) is 5.44. The zero-order valence-corrected chi connectivity index (χ0v) is 22.8. The Bertz CT molecular complexity index is 1320. The summed E-state index contributed by atoms with van der Waals surface area (Å²) in [6, 6.07) is 21.6. The number of ketones is 1. The molecule has 4 rings (SSSR count). The molecule has 1 heterocycles. The van der Waals surface area contributed by atoms with E-state index in [9.17, 15) is 14.7 Å². The monoisotopic (exact) mass is 512 g/mol. The molecule has 6 nitrogen and oxygen atoms in total. The molecule has 0 aliphatic carbocycles. The Balaban J connectivity index is 1.84. The molecule has 6 heteroatoms. The molecule has 198 valence electrons.